The molecule has 0 fully saturated rings. The Labute approximate surface area is 175 Å². The zero-order valence-corrected chi connectivity index (χ0v) is 17.5. The van der Waals surface area contributed by atoms with E-state index in [1.54, 1.807) is 67.8 Å². The molecule has 5 nitrogen and oxygen atoms in total. The normalized spacial score (nSPS) is 11.5. The maximum Gasteiger partial charge on any atom is 0.268 e. The van der Waals surface area contributed by atoms with Crippen molar-refractivity contribution < 1.29 is 17.9 Å². The average Bonchev–Trinajstić information content (AvgIpc) is 3.18. The number of rotatable bonds is 6. The Kier molecular flexibility index (Phi) is 5.18. The van der Waals surface area contributed by atoms with E-state index in [9.17, 15) is 13.2 Å². The molecule has 30 heavy (non-hydrogen) atoms. The lowest BCUT2D eigenvalue weighted by Crippen LogP contribution is -2.14. The lowest BCUT2D eigenvalue weighted by molar-refractivity contribution is 0.112. The van der Waals surface area contributed by atoms with Gasteiger partial charge in [0.2, 0.25) is 0 Å². The van der Waals surface area contributed by atoms with E-state index in [0.717, 1.165) is 18.3 Å². The standard InChI is InChI=1S/C24H21NO4S/c1-3-17-9-10-18(16-26)22(13-17)24-15-19-14-20(29-2)11-12-23(19)25(24)30(27,28)21-7-5-4-6-8-21/h4-16H,3H2,1-2H3. The summed E-state index contributed by atoms with van der Waals surface area (Å²) in [5, 5.41) is 0.711. The largest absolute Gasteiger partial charge is 0.497 e. The second kappa shape index (κ2) is 7.80. The van der Waals surface area contributed by atoms with Crippen molar-refractivity contribution in [2.24, 2.45) is 0 Å². The molecular formula is C24H21NO4S. The summed E-state index contributed by atoms with van der Waals surface area (Å²) < 4.78 is 33.9. The number of carbonyl (C=O) groups is 1. The van der Waals surface area contributed by atoms with Crippen LogP contribution in [0.3, 0.4) is 0 Å². The molecule has 0 saturated heterocycles. The van der Waals surface area contributed by atoms with Gasteiger partial charge in [0.05, 0.1) is 23.2 Å². The first-order valence-electron chi connectivity index (χ1n) is 9.58. The SMILES string of the molecule is CCc1ccc(C=O)c(-c2cc3cc(OC)ccc3n2S(=O)(=O)c2ccccc2)c1. The molecule has 1 heterocycles. The number of aryl methyl sites for hydroxylation is 1. The fourth-order valence-corrected chi connectivity index (χ4v) is 5.13. The Morgan fingerprint density at radius 1 is 0.967 bits per heavy atom. The highest BCUT2D eigenvalue weighted by Gasteiger charge is 2.25. The molecule has 4 rings (SSSR count). The fourth-order valence-electron chi connectivity index (χ4n) is 3.59. The molecule has 1 aromatic heterocycles. The second-order valence-electron chi connectivity index (χ2n) is 6.93. The molecule has 0 bridgehead atoms. The van der Waals surface area contributed by atoms with Gasteiger partial charge >= 0.3 is 0 Å². The molecule has 0 spiro atoms. The van der Waals surface area contributed by atoms with E-state index in [-0.39, 0.29) is 4.90 Å². The van der Waals surface area contributed by atoms with Crippen LogP contribution in [0.2, 0.25) is 0 Å². The first-order chi connectivity index (χ1) is 14.5. The molecule has 0 aliphatic rings. The number of benzene rings is 3. The van der Waals surface area contributed by atoms with Gasteiger partial charge in [-0.3, -0.25) is 4.79 Å². The summed E-state index contributed by atoms with van der Waals surface area (Å²) in [4.78, 5) is 11.9. The third-order valence-electron chi connectivity index (χ3n) is 5.17. The Hall–Kier alpha value is -3.38. The average molecular weight is 420 g/mol. The van der Waals surface area contributed by atoms with Gasteiger partial charge in [-0.25, -0.2) is 12.4 Å². The number of nitrogens with zero attached hydrogens (tertiary/aromatic N) is 1. The summed E-state index contributed by atoms with van der Waals surface area (Å²) >= 11 is 0. The molecule has 0 N–H and O–H groups in total. The van der Waals surface area contributed by atoms with Crippen LogP contribution < -0.4 is 4.74 Å². The molecule has 0 amide bonds. The number of hydrogen-bond acceptors (Lipinski definition) is 4. The molecule has 0 unspecified atom stereocenters. The summed E-state index contributed by atoms with van der Waals surface area (Å²) in [7, 11) is -2.34. The van der Waals surface area contributed by atoms with Gasteiger partial charge in [0.15, 0.2) is 6.29 Å². The van der Waals surface area contributed by atoms with Crippen LogP contribution in [0.1, 0.15) is 22.8 Å². The highest BCUT2D eigenvalue weighted by Crippen LogP contribution is 2.35. The minimum atomic E-state index is -3.91. The topological polar surface area (TPSA) is 65.4 Å². The van der Waals surface area contributed by atoms with Crippen LogP contribution in [0, 0.1) is 0 Å². The molecule has 0 aliphatic heterocycles. The molecule has 152 valence electrons. The summed E-state index contributed by atoms with van der Waals surface area (Å²) in [5.41, 5.74) is 3.00. The van der Waals surface area contributed by atoms with Crippen molar-refractivity contribution in [3.05, 3.63) is 83.9 Å². The Balaban J connectivity index is 2.11. The van der Waals surface area contributed by atoms with Crippen molar-refractivity contribution in [2.75, 3.05) is 7.11 Å². The van der Waals surface area contributed by atoms with Crippen LogP contribution in [0.5, 0.6) is 5.75 Å². The van der Waals surface area contributed by atoms with E-state index in [0.29, 0.717) is 33.5 Å². The van der Waals surface area contributed by atoms with Crippen LogP contribution in [0.25, 0.3) is 22.2 Å². The summed E-state index contributed by atoms with van der Waals surface area (Å²) in [6.07, 6.45) is 1.53. The number of carbonyl (C=O) groups excluding carboxylic acids is 1. The number of hydrogen-bond donors (Lipinski definition) is 0. The van der Waals surface area contributed by atoms with Gasteiger partial charge in [0.25, 0.3) is 10.0 Å². The van der Waals surface area contributed by atoms with Gasteiger partial charge in [0.1, 0.15) is 5.75 Å². The molecule has 6 heteroatoms. The van der Waals surface area contributed by atoms with Crippen molar-refractivity contribution >= 4 is 27.2 Å². The highest BCUT2D eigenvalue weighted by molar-refractivity contribution is 7.90. The number of aromatic nitrogens is 1. The Morgan fingerprint density at radius 3 is 2.40 bits per heavy atom. The molecule has 0 radical (unpaired) electrons. The van der Waals surface area contributed by atoms with E-state index in [4.69, 9.17) is 4.74 Å². The summed E-state index contributed by atoms with van der Waals surface area (Å²) in [5.74, 6) is 0.626. The quantitative estimate of drug-likeness (QED) is 0.416. The highest BCUT2D eigenvalue weighted by atomic mass is 32.2. The van der Waals surface area contributed by atoms with Crippen LogP contribution >= 0.6 is 0 Å². The predicted octanol–water partition coefficient (Wildman–Crippen LogP) is 4.93. The Morgan fingerprint density at radius 2 is 1.73 bits per heavy atom. The monoisotopic (exact) mass is 419 g/mol. The van der Waals surface area contributed by atoms with Crippen molar-refractivity contribution in [3.63, 3.8) is 0 Å². The molecule has 0 aliphatic carbocycles. The van der Waals surface area contributed by atoms with Gasteiger partial charge in [0, 0.05) is 16.5 Å². The smallest absolute Gasteiger partial charge is 0.268 e. The van der Waals surface area contributed by atoms with Crippen molar-refractivity contribution in [3.8, 4) is 17.0 Å². The maximum atomic E-state index is 13.7. The van der Waals surface area contributed by atoms with E-state index in [2.05, 4.69) is 0 Å². The molecule has 4 aromatic rings. The van der Waals surface area contributed by atoms with Crippen molar-refractivity contribution in [1.29, 1.82) is 0 Å². The number of aldehydes is 1. The van der Waals surface area contributed by atoms with E-state index in [1.807, 2.05) is 19.1 Å². The molecule has 3 aromatic carbocycles. The van der Waals surface area contributed by atoms with Gasteiger partial charge in [-0.15, -0.1) is 0 Å². The van der Waals surface area contributed by atoms with E-state index >= 15 is 0 Å². The van der Waals surface area contributed by atoms with Crippen LogP contribution in [0.4, 0.5) is 0 Å². The van der Waals surface area contributed by atoms with Crippen molar-refractivity contribution in [2.45, 2.75) is 18.2 Å². The number of fused-ring (bicyclic) bond motifs is 1. The number of ether oxygens (including phenoxy) is 1. The molecular weight excluding hydrogens is 398 g/mol. The van der Waals surface area contributed by atoms with Gasteiger partial charge in [-0.1, -0.05) is 37.3 Å². The predicted molar refractivity (Wildman–Crippen MR) is 118 cm³/mol. The summed E-state index contributed by atoms with van der Waals surface area (Å²) in [6, 6.07) is 20.8. The maximum absolute atomic E-state index is 13.7. The minimum Gasteiger partial charge on any atom is -0.497 e. The van der Waals surface area contributed by atoms with Gasteiger partial charge < -0.3 is 4.74 Å². The molecule has 0 saturated carbocycles. The fraction of sp³-hybridized carbons (Fsp3) is 0.125. The van der Waals surface area contributed by atoms with Gasteiger partial charge in [-0.05, 0) is 54.4 Å². The van der Waals surface area contributed by atoms with Crippen molar-refractivity contribution in [1.82, 2.24) is 3.97 Å². The van der Waals surface area contributed by atoms with Crippen LogP contribution in [-0.2, 0) is 16.4 Å². The lowest BCUT2D eigenvalue weighted by Gasteiger charge is -2.14. The van der Waals surface area contributed by atoms with Crippen LogP contribution in [-0.4, -0.2) is 25.8 Å². The van der Waals surface area contributed by atoms with Gasteiger partial charge in [-0.2, -0.15) is 0 Å². The first-order valence-corrected chi connectivity index (χ1v) is 11.0. The third kappa shape index (κ3) is 3.29. The van der Waals surface area contributed by atoms with E-state index in [1.165, 1.54) is 3.97 Å². The van der Waals surface area contributed by atoms with Crippen LogP contribution in [0.15, 0.2) is 77.7 Å². The minimum absolute atomic E-state index is 0.180. The zero-order chi connectivity index (χ0) is 21.3. The van der Waals surface area contributed by atoms with E-state index < -0.39 is 10.0 Å². The second-order valence-corrected chi connectivity index (χ2v) is 8.72. The third-order valence-corrected chi connectivity index (χ3v) is 6.92. The number of methoxy groups -OCH3 is 1. The summed E-state index contributed by atoms with van der Waals surface area (Å²) in [6.45, 7) is 2.01. The zero-order valence-electron chi connectivity index (χ0n) is 16.7. The first kappa shape index (κ1) is 19.9. The lowest BCUT2D eigenvalue weighted by atomic mass is 10.0. The Bertz CT molecular complexity index is 1340. The molecule has 0 atom stereocenters.